The first-order valence-electron chi connectivity index (χ1n) is 5.95. The van der Waals surface area contributed by atoms with Crippen LogP contribution in [0.3, 0.4) is 0 Å². The van der Waals surface area contributed by atoms with Gasteiger partial charge in [0.25, 0.3) is 0 Å². The Morgan fingerprint density at radius 1 is 1.05 bits per heavy atom. The lowest BCUT2D eigenvalue weighted by molar-refractivity contribution is 0.487. The molecule has 0 aliphatic heterocycles. The first-order valence-corrected chi connectivity index (χ1v) is 6.32. The topological polar surface area (TPSA) is 39.2 Å². The summed E-state index contributed by atoms with van der Waals surface area (Å²) in [5.41, 5.74) is 6.27. The second-order valence-corrected chi connectivity index (χ2v) is 4.88. The van der Waals surface area contributed by atoms with E-state index in [-0.39, 0.29) is 11.3 Å². The molecule has 3 aromatic rings. The van der Waals surface area contributed by atoms with Crippen molar-refractivity contribution in [1.82, 2.24) is 0 Å². The van der Waals surface area contributed by atoms with E-state index in [1.165, 1.54) is 6.07 Å². The van der Waals surface area contributed by atoms with Crippen molar-refractivity contribution in [3.8, 4) is 0 Å². The summed E-state index contributed by atoms with van der Waals surface area (Å²) in [7, 11) is 0. The van der Waals surface area contributed by atoms with E-state index in [2.05, 4.69) is 0 Å². The van der Waals surface area contributed by atoms with E-state index >= 15 is 0 Å². The van der Waals surface area contributed by atoms with Crippen molar-refractivity contribution in [2.24, 2.45) is 5.73 Å². The van der Waals surface area contributed by atoms with Gasteiger partial charge in [-0.3, -0.25) is 0 Å². The minimum absolute atomic E-state index is 0.211. The van der Waals surface area contributed by atoms with Gasteiger partial charge in [-0.15, -0.1) is 0 Å². The van der Waals surface area contributed by atoms with Gasteiger partial charge in [0.2, 0.25) is 0 Å². The fourth-order valence-electron chi connectivity index (χ4n) is 2.14. The highest BCUT2D eigenvalue weighted by molar-refractivity contribution is 6.31. The summed E-state index contributed by atoms with van der Waals surface area (Å²) < 4.78 is 33.0. The van der Waals surface area contributed by atoms with Crippen molar-refractivity contribution in [3.05, 3.63) is 70.4 Å². The lowest BCUT2D eigenvalue weighted by atomic mass is 10.0. The standard InChI is InChI=1S/C15H10ClF2NO/c16-9-4-5-12-8(6-9)7-13(20-12)15(19)14-10(17)2-1-3-11(14)18/h1-7,15H,19H2. The molecule has 0 saturated heterocycles. The van der Waals surface area contributed by atoms with E-state index in [0.29, 0.717) is 10.6 Å². The van der Waals surface area contributed by atoms with Gasteiger partial charge < -0.3 is 10.2 Å². The average Bonchev–Trinajstić information content (AvgIpc) is 2.81. The molecule has 20 heavy (non-hydrogen) atoms. The third-order valence-electron chi connectivity index (χ3n) is 3.11. The average molecular weight is 294 g/mol. The van der Waals surface area contributed by atoms with Crippen LogP contribution in [0.2, 0.25) is 5.02 Å². The van der Waals surface area contributed by atoms with E-state index in [1.807, 2.05) is 0 Å². The Morgan fingerprint density at radius 2 is 1.75 bits per heavy atom. The predicted molar refractivity (Wildman–Crippen MR) is 73.6 cm³/mol. The number of furan rings is 1. The van der Waals surface area contributed by atoms with Crippen LogP contribution in [0.15, 0.2) is 46.9 Å². The molecule has 0 aliphatic carbocycles. The molecule has 5 heteroatoms. The molecule has 2 aromatic carbocycles. The Balaban J connectivity index is 2.10. The summed E-state index contributed by atoms with van der Waals surface area (Å²) in [4.78, 5) is 0. The molecule has 3 rings (SSSR count). The summed E-state index contributed by atoms with van der Waals surface area (Å²) in [6.07, 6.45) is 0. The van der Waals surface area contributed by atoms with Crippen LogP contribution in [0.4, 0.5) is 8.78 Å². The van der Waals surface area contributed by atoms with Gasteiger partial charge in [-0.05, 0) is 36.4 Å². The predicted octanol–water partition coefficient (Wildman–Crippen LogP) is 4.41. The van der Waals surface area contributed by atoms with Gasteiger partial charge in [-0.2, -0.15) is 0 Å². The Hall–Kier alpha value is -1.91. The Kier molecular flexibility index (Phi) is 3.20. The lowest BCUT2D eigenvalue weighted by Gasteiger charge is -2.11. The largest absolute Gasteiger partial charge is 0.459 e. The lowest BCUT2D eigenvalue weighted by Crippen LogP contribution is -2.14. The van der Waals surface area contributed by atoms with Crippen LogP contribution in [0.1, 0.15) is 17.4 Å². The minimum Gasteiger partial charge on any atom is -0.459 e. The summed E-state index contributed by atoms with van der Waals surface area (Å²) in [6, 6.07) is 9.31. The molecule has 2 nitrogen and oxygen atoms in total. The van der Waals surface area contributed by atoms with Crippen LogP contribution >= 0.6 is 11.6 Å². The minimum atomic E-state index is -1.01. The van der Waals surface area contributed by atoms with Crippen molar-refractivity contribution in [1.29, 1.82) is 0 Å². The van der Waals surface area contributed by atoms with Crippen molar-refractivity contribution in [3.63, 3.8) is 0 Å². The number of halogens is 3. The maximum atomic E-state index is 13.7. The van der Waals surface area contributed by atoms with Crippen LogP contribution in [0.25, 0.3) is 11.0 Å². The van der Waals surface area contributed by atoms with Crippen molar-refractivity contribution >= 4 is 22.6 Å². The number of fused-ring (bicyclic) bond motifs is 1. The summed E-state index contributed by atoms with van der Waals surface area (Å²) in [6.45, 7) is 0. The van der Waals surface area contributed by atoms with Gasteiger partial charge in [-0.25, -0.2) is 8.78 Å². The highest BCUT2D eigenvalue weighted by atomic mass is 35.5. The van der Waals surface area contributed by atoms with E-state index in [1.54, 1.807) is 24.3 Å². The van der Waals surface area contributed by atoms with Crippen molar-refractivity contribution in [2.45, 2.75) is 6.04 Å². The third-order valence-corrected chi connectivity index (χ3v) is 3.35. The van der Waals surface area contributed by atoms with E-state index in [9.17, 15) is 8.78 Å². The van der Waals surface area contributed by atoms with E-state index < -0.39 is 17.7 Å². The zero-order chi connectivity index (χ0) is 14.3. The molecule has 1 aromatic heterocycles. The molecule has 0 bridgehead atoms. The van der Waals surface area contributed by atoms with E-state index in [0.717, 1.165) is 17.5 Å². The molecular formula is C15H10ClF2NO. The van der Waals surface area contributed by atoms with Gasteiger partial charge >= 0.3 is 0 Å². The second-order valence-electron chi connectivity index (χ2n) is 4.44. The summed E-state index contributed by atoms with van der Waals surface area (Å²) in [5, 5.41) is 1.29. The molecule has 1 heterocycles. The number of hydrogen-bond donors (Lipinski definition) is 1. The normalized spacial score (nSPS) is 12.8. The SMILES string of the molecule is NC(c1cc2cc(Cl)ccc2o1)c1c(F)cccc1F. The van der Waals surface area contributed by atoms with Gasteiger partial charge in [0.15, 0.2) is 0 Å². The molecule has 102 valence electrons. The molecule has 0 radical (unpaired) electrons. The van der Waals surface area contributed by atoms with Gasteiger partial charge in [0.05, 0.1) is 6.04 Å². The first-order chi connectivity index (χ1) is 9.56. The second kappa shape index (κ2) is 4.89. The van der Waals surface area contributed by atoms with Gasteiger partial charge in [0, 0.05) is 16.0 Å². The highest BCUT2D eigenvalue weighted by Crippen LogP contribution is 2.30. The quantitative estimate of drug-likeness (QED) is 0.760. The molecule has 1 atom stereocenters. The molecule has 0 fully saturated rings. The third kappa shape index (κ3) is 2.17. The smallest absolute Gasteiger partial charge is 0.134 e. The summed E-state index contributed by atoms with van der Waals surface area (Å²) >= 11 is 5.88. The molecule has 2 N–H and O–H groups in total. The zero-order valence-corrected chi connectivity index (χ0v) is 11.0. The molecule has 1 unspecified atom stereocenters. The van der Waals surface area contributed by atoms with Crippen LogP contribution in [0.5, 0.6) is 0 Å². The van der Waals surface area contributed by atoms with Gasteiger partial charge in [-0.1, -0.05) is 17.7 Å². The van der Waals surface area contributed by atoms with Crippen LogP contribution < -0.4 is 5.73 Å². The molecule has 0 amide bonds. The summed E-state index contributed by atoms with van der Waals surface area (Å²) in [5.74, 6) is -1.11. The molecule has 0 spiro atoms. The highest BCUT2D eigenvalue weighted by Gasteiger charge is 2.21. The molecular weight excluding hydrogens is 284 g/mol. The fourth-order valence-corrected chi connectivity index (χ4v) is 2.32. The Bertz CT molecular complexity index is 764. The number of rotatable bonds is 2. The van der Waals surface area contributed by atoms with Crippen molar-refractivity contribution in [2.75, 3.05) is 0 Å². The van der Waals surface area contributed by atoms with Crippen molar-refractivity contribution < 1.29 is 13.2 Å². The Morgan fingerprint density at radius 3 is 2.45 bits per heavy atom. The first kappa shape index (κ1) is 13.1. The van der Waals surface area contributed by atoms with Crippen LogP contribution in [-0.2, 0) is 0 Å². The molecule has 0 aliphatic rings. The van der Waals surface area contributed by atoms with Gasteiger partial charge in [0.1, 0.15) is 23.0 Å². The monoisotopic (exact) mass is 293 g/mol. The number of benzene rings is 2. The Labute approximate surface area is 118 Å². The maximum absolute atomic E-state index is 13.7. The fraction of sp³-hybridized carbons (Fsp3) is 0.0667. The zero-order valence-electron chi connectivity index (χ0n) is 10.2. The molecule has 0 saturated carbocycles. The van der Waals surface area contributed by atoms with Crippen LogP contribution in [0, 0.1) is 11.6 Å². The number of hydrogen-bond acceptors (Lipinski definition) is 2. The van der Waals surface area contributed by atoms with Crippen LogP contribution in [-0.4, -0.2) is 0 Å². The maximum Gasteiger partial charge on any atom is 0.134 e. The van der Waals surface area contributed by atoms with E-state index in [4.69, 9.17) is 21.8 Å². The number of nitrogens with two attached hydrogens (primary N) is 1.